The van der Waals surface area contributed by atoms with Crippen LogP contribution in [-0.4, -0.2) is 18.9 Å². The van der Waals surface area contributed by atoms with Gasteiger partial charge in [0, 0.05) is 6.42 Å². The van der Waals surface area contributed by atoms with Gasteiger partial charge < -0.3 is 0 Å². The summed E-state index contributed by atoms with van der Waals surface area (Å²) in [5, 5.41) is 2.91. The number of nitrogens with one attached hydrogen (secondary N) is 1. The molecule has 0 aliphatic rings. The van der Waals surface area contributed by atoms with E-state index in [0.29, 0.717) is 19.5 Å². The molecule has 1 N–H and O–H groups in total. The number of terminal acetylenes is 1. The Morgan fingerprint density at radius 1 is 1.38 bits per heavy atom. The number of benzene rings is 1. The van der Waals surface area contributed by atoms with Gasteiger partial charge in [-0.2, -0.15) is 0 Å². The van der Waals surface area contributed by atoms with Gasteiger partial charge in [0.15, 0.2) is 5.78 Å². The van der Waals surface area contributed by atoms with Crippen molar-refractivity contribution in [1.29, 1.82) is 0 Å². The number of Topliss-reactive ketones (excluding diaryl/α,β-unsaturated/α-hetero) is 1. The molecule has 84 valence electrons. The highest BCUT2D eigenvalue weighted by atomic mass is 16.1. The first kappa shape index (κ1) is 12.5. The van der Waals surface area contributed by atoms with Crippen LogP contribution in [0.4, 0.5) is 0 Å². The average molecular weight is 215 g/mol. The van der Waals surface area contributed by atoms with Gasteiger partial charge in [-0.05, 0) is 30.5 Å². The SMILES string of the molecule is C#CCNCC(=O)Cc1c(C)cccc1C. The normalized spacial score (nSPS) is 9.81. The van der Waals surface area contributed by atoms with E-state index in [1.807, 2.05) is 32.0 Å². The van der Waals surface area contributed by atoms with Crippen molar-refractivity contribution < 1.29 is 4.79 Å². The molecule has 1 aromatic carbocycles. The third kappa shape index (κ3) is 3.52. The Labute approximate surface area is 97.1 Å². The van der Waals surface area contributed by atoms with Gasteiger partial charge in [0.2, 0.25) is 0 Å². The summed E-state index contributed by atoms with van der Waals surface area (Å²) in [6, 6.07) is 6.07. The molecule has 0 heterocycles. The van der Waals surface area contributed by atoms with Crippen LogP contribution in [0.3, 0.4) is 0 Å². The summed E-state index contributed by atoms with van der Waals surface area (Å²) in [6.45, 7) is 4.85. The molecule has 0 fully saturated rings. The molecule has 0 unspecified atom stereocenters. The molecular weight excluding hydrogens is 198 g/mol. The van der Waals surface area contributed by atoms with Gasteiger partial charge in [-0.1, -0.05) is 24.1 Å². The third-order valence-electron chi connectivity index (χ3n) is 2.57. The quantitative estimate of drug-likeness (QED) is 0.597. The van der Waals surface area contributed by atoms with Crippen LogP contribution < -0.4 is 5.32 Å². The molecule has 0 spiro atoms. The van der Waals surface area contributed by atoms with Crippen molar-refractivity contribution in [3.05, 3.63) is 34.9 Å². The highest BCUT2D eigenvalue weighted by Crippen LogP contribution is 2.13. The summed E-state index contributed by atoms with van der Waals surface area (Å²) in [5.41, 5.74) is 3.48. The summed E-state index contributed by atoms with van der Waals surface area (Å²) >= 11 is 0. The number of hydrogen-bond acceptors (Lipinski definition) is 2. The lowest BCUT2D eigenvalue weighted by Crippen LogP contribution is -2.24. The molecule has 1 rings (SSSR count). The van der Waals surface area contributed by atoms with E-state index < -0.39 is 0 Å². The van der Waals surface area contributed by atoms with E-state index in [2.05, 4.69) is 11.2 Å². The standard InChI is InChI=1S/C14H17NO/c1-4-8-15-10-13(16)9-14-11(2)6-5-7-12(14)3/h1,5-7,15H,8-10H2,2-3H3. The molecule has 0 amide bonds. The van der Waals surface area contributed by atoms with Crippen molar-refractivity contribution in [3.8, 4) is 12.3 Å². The van der Waals surface area contributed by atoms with E-state index in [1.54, 1.807) is 0 Å². The van der Waals surface area contributed by atoms with Crippen molar-refractivity contribution in [1.82, 2.24) is 5.32 Å². The maximum absolute atomic E-state index is 11.7. The van der Waals surface area contributed by atoms with Gasteiger partial charge in [-0.3, -0.25) is 10.1 Å². The molecule has 1 aromatic rings. The second-order valence-electron chi connectivity index (χ2n) is 3.89. The minimum absolute atomic E-state index is 0.174. The van der Waals surface area contributed by atoms with Crippen molar-refractivity contribution >= 4 is 5.78 Å². The number of rotatable bonds is 5. The monoisotopic (exact) mass is 215 g/mol. The maximum Gasteiger partial charge on any atom is 0.151 e. The Bertz CT molecular complexity index is 395. The predicted octanol–water partition coefficient (Wildman–Crippen LogP) is 1.64. The molecule has 0 aromatic heterocycles. The molecular formula is C14H17NO. The number of carbonyl (C=O) groups is 1. The lowest BCUT2D eigenvalue weighted by Gasteiger charge is -2.08. The Kier molecular flexibility index (Phi) is 4.75. The zero-order valence-electron chi connectivity index (χ0n) is 9.84. The summed E-state index contributed by atoms with van der Waals surface area (Å²) in [7, 11) is 0. The van der Waals surface area contributed by atoms with E-state index in [0.717, 1.165) is 5.56 Å². The number of hydrogen-bond donors (Lipinski definition) is 1. The highest BCUT2D eigenvalue weighted by Gasteiger charge is 2.07. The van der Waals surface area contributed by atoms with Gasteiger partial charge in [0.25, 0.3) is 0 Å². The molecule has 0 saturated carbocycles. The van der Waals surface area contributed by atoms with Crippen molar-refractivity contribution in [2.75, 3.05) is 13.1 Å². The largest absolute Gasteiger partial charge is 0.299 e. The molecule has 0 radical (unpaired) electrons. The topological polar surface area (TPSA) is 29.1 Å². The van der Waals surface area contributed by atoms with E-state index in [-0.39, 0.29) is 5.78 Å². The van der Waals surface area contributed by atoms with Crippen LogP contribution in [0.5, 0.6) is 0 Å². The van der Waals surface area contributed by atoms with Crippen LogP contribution in [0.2, 0.25) is 0 Å². The fourth-order valence-electron chi connectivity index (χ4n) is 1.66. The van der Waals surface area contributed by atoms with Gasteiger partial charge in [-0.15, -0.1) is 6.42 Å². The van der Waals surface area contributed by atoms with Crippen LogP contribution in [0, 0.1) is 26.2 Å². The van der Waals surface area contributed by atoms with Gasteiger partial charge >= 0.3 is 0 Å². The fraction of sp³-hybridized carbons (Fsp3) is 0.357. The molecule has 16 heavy (non-hydrogen) atoms. The summed E-state index contributed by atoms with van der Waals surface area (Å²) in [6.07, 6.45) is 5.57. The zero-order valence-corrected chi connectivity index (χ0v) is 9.84. The Morgan fingerprint density at radius 2 is 2.00 bits per heavy atom. The molecule has 0 aliphatic heterocycles. The summed E-state index contributed by atoms with van der Waals surface area (Å²) in [4.78, 5) is 11.7. The van der Waals surface area contributed by atoms with Gasteiger partial charge in [-0.25, -0.2) is 0 Å². The van der Waals surface area contributed by atoms with Gasteiger partial charge in [0.1, 0.15) is 0 Å². The molecule has 2 nitrogen and oxygen atoms in total. The second-order valence-corrected chi connectivity index (χ2v) is 3.89. The molecule has 0 aliphatic carbocycles. The van der Waals surface area contributed by atoms with Crippen LogP contribution in [0.15, 0.2) is 18.2 Å². The van der Waals surface area contributed by atoms with Crippen LogP contribution >= 0.6 is 0 Å². The van der Waals surface area contributed by atoms with Crippen molar-refractivity contribution in [2.45, 2.75) is 20.3 Å². The van der Waals surface area contributed by atoms with E-state index in [9.17, 15) is 4.79 Å². The van der Waals surface area contributed by atoms with Crippen LogP contribution in [0.1, 0.15) is 16.7 Å². The van der Waals surface area contributed by atoms with Crippen molar-refractivity contribution in [3.63, 3.8) is 0 Å². The third-order valence-corrected chi connectivity index (χ3v) is 2.57. The minimum Gasteiger partial charge on any atom is -0.299 e. The summed E-state index contributed by atoms with van der Waals surface area (Å²) in [5.74, 6) is 2.62. The predicted molar refractivity (Wildman–Crippen MR) is 66.3 cm³/mol. The van der Waals surface area contributed by atoms with E-state index >= 15 is 0 Å². The molecule has 0 saturated heterocycles. The fourth-order valence-corrected chi connectivity index (χ4v) is 1.66. The molecule has 0 atom stereocenters. The number of ketones is 1. The Balaban J connectivity index is 2.60. The van der Waals surface area contributed by atoms with Gasteiger partial charge in [0.05, 0.1) is 13.1 Å². The molecule has 0 bridgehead atoms. The first-order valence-electron chi connectivity index (χ1n) is 5.36. The van der Waals surface area contributed by atoms with E-state index in [1.165, 1.54) is 11.1 Å². The zero-order chi connectivity index (χ0) is 12.0. The lowest BCUT2D eigenvalue weighted by molar-refractivity contribution is -0.117. The summed E-state index contributed by atoms with van der Waals surface area (Å²) < 4.78 is 0. The second kappa shape index (κ2) is 6.09. The number of aryl methyl sites for hydroxylation is 2. The van der Waals surface area contributed by atoms with Crippen LogP contribution in [0.25, 0.3) is 0 Å². The minimum atomic E-state index is 0.174. The molecule has 2 heteroatoms. The Morgan fingerprint density at radius 3 is 2.56 bits per heavy atom. The van der Waals surface area contributed by atoms with E-state index in [4.69, 9.17) is 6.42 Å². The van der Waals surface area contributed by atoms with Crippen molar-refractivity contribution in [2.24, 2.45) is 0 Å². The highest BCUT2D eigenvalue weighted by molar-refractivity contribution is 5.83. The Hall–Kier alpha value is -1.59. The maximum atomic E-state index is 11.7. The number of carbonyl (C=O) groups excluding carboxylic acids is 1. The smallest absolute Gasteiger partial charge is 0.151 e. The first-order valence-corrected chi connectivity index (χ1v) is 5.36. The van der Waals surface area contributed by atoms with Crippen LogP contribution in [-0.2, 0) is 11.2 Å². The first-order chi connectivity index (χ1) is 7.65. The lowest BCUT2D eigenvalue weighted by atomic mass is 9.98. The average Bonchev–Trinajstić information content (AvgIpc) is 2.24.